The molecule has 1 aromatic carbocycles. The van der Waals surface area contributed by atoms with Gasteiger partial charge >= 0.3 is 0 Å². The van der Waals surface area contributed by atoms with Gasteiger partial charge in [-0.2, -0.15) is 0 Å². The third-order valence-electron chi connectivity index (χ3n) is 7.26. The summed E-state index contributed by atoms with van der Waals surface area (Å²) in [5, 5.41) is 11.4. The van der Waals surface area contributed by atoms with Crippen LogP contribution >= 0.6 is 0 Å². The highest BCUT2D eigenvalue weighted by atomic mass is 16.5. The molecule has 1 spiro atoms. The normalized spacial score (nSPS) is 20.2. The van der Waals surface area contributed by atoms with Gasteiger partial charge in [-0.1, -0.05) is 6.92 Å². The minimum Gasteiger partial charge on any atom is -0.497 e. The summed E-state index contributed by atoms with van der Waals surface area (Å²) in [5.41, 5.74) is 3.04. The SMILES string of the molecule is CCCC(=O)N1CCC2(CC1)CN(C(C)=O)[C@@H](CO)c1c2c2ccc(OC)cc2n1C. The Balaban J connectivity index is 1.86. The zero-order valence-electron chi connectivity index (χ0n) is 19.0. The van der Waals surface area contributed by atoms with Crippen LogP contribution in [0.3, 0.4) is 0 Å². The molecule has 1 fully saturated rings. The van der Waals surface area contributed by atoms with Gasteiger partial charge in [0.25, 0.3) is 0 Å². The highest BCUT2D eigenvalue weighted by Crippen LogP contribution is 2.50. The molecule has 31 heavy (non-hydrogen) atoms. The Morgan fingerprint density at radius 3 is 2.55 bits per heavy atom. The fourth-order valence-corrected chi connectivity index (χ4v) is 5.65. The van der Waals surface area contributed by atoms with Crippen molar-refractivity contribution in [1.82, 2.24) is 14.4 Å². The molecule has 7 nitrogen and oxygen atoms in total. The quantitative estimate of drug-likeness (QED) is 0.814. The lowest BCUT2D eigenvalue weighted by molar-refractivity contribution is -0.137. The summed E-state index contributed by atoms with van der Waals surface area (Å²) in [6.07, 6.45) is 3.05. The molecule has 2 aromatic rings. The van der Waals surface area contributed by atoms with E-state index in [0.717, 1.165) is 41.6 Å². The van der Waals surface area contributed by atoms with E-state index in [-0.39, 0.29) is 29.9 Å². The van der Waals surface area contributed by atoms with E-state index >= 15 is 0 Å². The smallest absolute Gasteiger partial charge is 0.222 e. The van der Waals surface area contributed by atoms with Gasteiger partial charge in [-0.05, 0) is 37.0 Å². The molecule has 1 saturated heterocycles. The van der Waals surface area contributed by atoms with Gasteiger partial charge in [-0.15, -0.1) is 0 Å². The van der Waals surface area contributed by atoms with E-state index in [4.69, 9.17) is 4.74 Å². The van der Waals surface area contributed by atoms with Crippen molar-refractivity contribution in [1.29, 1.82) is 0 Å². The van der Waals surface area contributed by atoms with Crippen LogP contribution in [0.4, 0.5) is 0 Å². The zero-order chi connectivity index (χ0) is 22.3. The van der Waals surface area contributed by atoms with Crippen molar-refractivity contribution in [3.8, 4) is 5.75 Å². The molecule has 4 rings (SSSR count). The summed E-state index contributed by atoms with van der Waals surface area (Å²) in [6, 6.07) is 5.72. The van der Waals surface area contributed by atoms with Crippen molar-refractivity contribution < 1.29 is 19.4 Å². The number of hydrogen-bond acceptors (Lipinski definition) is 4. The maximum absolute atomic E-state index is 12.6. The Bertz CT molecular complexity index is 1000. The van der Waals surface area contributed by atoms with Crippen molar-refractivity contribution in [2.75, 3.05) is 33.4 Å². The summed E-state index contributed by atoms with van der Waals surface area (Å²) in [4.78, 5) is 28.9. The average Bonchev–Trinajstić information content (AvgIpc) is 3.07. The molecule has 1 atom stereocenters. The molecule has 2 amide bonds. The number of amides is 2. The van der Waals surface area contributed by atoms with Crippen LogP contribution in [-0.4, -0.2) is 64.6 Å². The lowest BCUT2D eigenvalue weighted by atomic mass is 9.68. The molecule has 0 radical (unpaired) electrons. The number of ether oxygens (including phenoxy) is 1. The Morgan fingerprint density at radius 1 is 1.26 bits per heavy atom. The molecular formula is C24H33N3O4. The summed E-state index contributed by atoms with van der Waals surface area (Å²) < 4.78 is 7.56. The summed E-state index contributed by atoms with van der Waals surface area (Å²) in [5.74, 6) is 0.965. The Morgan fingerprint density at radius 2 is 1.97 bits per heavy atom. The highest BCUT2D eigenvalue weighted by molar-refractivity contribution is 5.89. The van der Waals surface area contributed by atoms with E-state index in [9.17, 15) is 14.7 Å². The van der Waals surface area contributed by atoms with Gasteiger partial charge in [0.15, 0.2) is 0 Å². The van der Waals surface area contributed by atoms with E-state index in [1.54, 1.807) is 14.0 Å². The first-order valence-electron chi connectivity index (χ1n) is 11.2. The molecule has 2 aliphatic rings. The topological polar surface area (TPSA) is 75.0 Å². The van der Waals surface area contributed by atoms with Gasteiger partial charge in [-0.3, -0.25) is 9.59 Å². The molecule has 2 aliphatic heterocycles. The maximum atomic E-state index is 12.6. The van der Waals surface area contributed by atoms with E-state index in [0.29, 0.717) is 26.1 Å². The first kappa shape index (κ1) is 21.7. The molecule has 3 heterocycles. The summed E-state index contributed by atoms with van der Waals surface area (Å²) >= 11 is 0. The largest absolute Gasteiger partial charge is 0.497 e. The molecule has 7 heteroatoms. The number of nitrogens with zero attached hydrogens (tertiary/aromatic N) is 3. The number of likely N-dealkylation sites (tertiary alicyclic amines) is 1. The number of methoxy groups -OCH3 is 1. The van der Waals surface area contributed by atoms with Crippen LogP contribution in [0, 0.1) is 0 Å². The third kappa shape index (κ3) is 3.39. The maximum Gasteiger partial charge on any atom is 0.222 e. The van der Waals surface area contributed by atoms with Crippen LogP contribution in [0.1, 0.15) is 56.8 Å². The number of aromatic nitrogens is 1. The number of hydrogen-bond donors (Lipinski definition) is 1. The van der Waals surface area contributed by atoms with Crippen molar-refractivity contribution >= 4 is 22.7 Å². The number of benzene rings is 1. The van der Waals surface area contributed by atoms with Crippen molar-refractivity contribution in [3.05, 3.63) is 29.5 Å². The first-order chi connectivity index (χ1) is 14.9. The number of carbonyl (C=O) groups is 2. The third-order valence-corrected chi connectivity index (χ3v) is 7.26. The predicted octanol–water partition coefficient (Wildman–Crippen LogP) is 2.74. The Hall–Kier alpha value is -2.54. The number of aryl methyl sites for hydroxylation is 1. The lowest BCUT2D eigenvalue weighted by Crippen LogP contribution is -2.55. The monoisotopic (exact) mass is 427 g/mol. The van der Waals surface area contributed by atoms with Gasteiger partial charge in [0.2, 0.25) is 11.8 Å². The second kappa shape index (κ2) is 8.19. The second-order valence-electron chi connectivity index (χ2n) is 8.96. The van der Waals surface area contributed by atoms with Gasteiger partial charge in [0.1, 0.15) is 5.75 Å². The van der Waals surface area contributed by atoms with Gasteiger partial charge < -0.3 is 24.2 Å². The fraction of sp³-hybridized carbons (Fsp3) is 0.583. The van der Waals surface area contributed by atoms with Crippen molar-refractivity contribution in [3.63, 3.8) is 0 Å². The van der Waals surface area contributed by atoms with Gasteiger partial charge in [0.05, 0.1) is 25.3 Å². The van der Waals surface area contributed by atoms with Crippen LogP contribution in [-0.2, 0) is 22.1 Å². The average molecular weight is 428 g/mol. The molecule has 168 valence electrons. The molecule has 1 aromatic heterocycles. The molecule has 0 unspecified atom stereocenters. The fourth-order valence-electron chi connectivity index (χ4n) is 5.65. The van der Waals surface area contributed by atoms with Crippen LogP contribution < -0.4 is 4.74 Å². The van der Waals surface area contributed by atoms with Gasteiger partial charge in [-0.25, -0.2) is 0 Å². The Labute approximate surface area is 183 Å². The molecule has 0 bridgehead atoms. The molecular weight excluding hydrogens is 394 g/mol. The predicted molar refractivity (Wildman–Crippen MR) is 119 cm³/mol. The van der Waals surface area contributed by atoms with Gasteiger partial charge in [0, 0.05) is 62.6 Å². The number of carbonyl (C=O) groups excluding carboxylic acids is 2. The number of piperidine rings is 1. The number of aliphatic hydroxyl groups excluding tert-OH is 1. The summed E-state index contributed by atoms with van der Waals surface area (Å²) in [6.45, 7) is 5.45. The van der Waals surface area contributed by atoms with Crippen molar-refractivity contribution in [2.45, 2.75) is 51.0 Å². The Kier molecular flexibility index (Phi) is 5.73. The zero-order valence-corrected chi connectivity index (χ0v) is 19.0. The van der Waals surface area contributed by atoms with E-state index in [1.807, 2.05) is 35.9 Å². The minimum atomic E-state index is -0.374. The van der Waals surface area contributed by atoms with Crippen LogP contribution in [0.15, 0.2) is 18.2 Å². The minimum absolute atomic E-state index is 0.0311. The first-order valence-corrected chi connectivity index (χ1v) is 11.2. The summed E-state index contributed by atoms with van der Waals surface area (Å²) in [7, 11) is 3.66. The lowest BCUT2D eigenvalue weighted by Gasteiger charge is -2.50. The highest BCUT2D eigenvalue weighted by Gasteiger charge is 2.49. The van der Waals surface area contributed by atoms with Crippen LogP contribution in [0.25, 0.3) is 10.9 Å². The molecule has 0 saturated carbocycles. The molecule has 1 N–H and O–H groups in total. The standard InChI is InChI=1S/C24H33N3O4/c1-5-6-21(30)26-11-9-24(10-12-26)15-27(16(2)29)20(14-28)23-22(24)18-8-7-17(31-4)13-19(18)25(23)3/h7-8,13,20,28H,5-6,9-12,14-15H2,1-4H3/t20-/m0/s1. The number of fused-ring (bicyclic) bond motifs is 4. The number of rotatable bonds is 4. The molecule has 0 aliphatic carbocycles. The van der Waals surface area contributed by atoms with Crippen LogP contribution in [0.5, 0.6) is 5.75 Å². The second-order valence-corrected chi connectivity index (χ2v) is 8.96. The van der Waals surface area contributed by atoms with E-state index in [2.05, 4.69) is 10.6 Å². The van der Waals surface area contributed by atoms with Crippen molar-refractivity contribution in [2.24, 2.45) is 7.05 Å². The number of aliphatic hydroxyl groups is 1. The van der Waals surface area contributed by atoms with E-state index in [1.165, 1.54) is 5.56 Å². The van der Waals surface area contributed by atoms with Crippen LogP contribution in [0.2, 0.25) is 0 Å². The van der Waals surface area contributed by atoms with E-state index < -0.39 is 0 Å².